The Morgan fingerprint density at radius 3 is 2.72 bits per heavy atom. The van der Waals surface area contributed by atoms with Gasteiger partial charge in [0.1, 0.15) is 12.0 Å². The second-order valence-corrected chi connectivity index (χ2v) is 3.66. The van der Waals surface area contributed by atoms with Gasteiger partial charge in [-0.05, 0) is 17.2 Å². The van der Waals surface area contributed by atoms with Crippen molar-refractivity contribution in [2.24, 2.45) is 0 Å². The highest BCUT2D eigenvalue weighted by Gasteiger charge is 2.05. The van der Waals surface area contributed by atoms with Crippen LogP contribution in [0, 0.1) is 5.82 Å². The zero-order chi connectivity index (χ0) is 13.0. The molecule has 0 saturated carbocycles. The Balaban J connectivity index is 2.12. The Kier molecular flexibility index (Phi) is 3.57. The Hall–Kier alpha value is -2.37. The normalized spacial score (nSPS) is 10.3. The van der Waals surface area contributed by atoms with E-state index in [9.17, 15) is 14.3 Å². The van der Waals surface area contributed by atoms with Gasteiger partial charge in [0.05, 0.1) is 11.9 Å². The van der Waals surface area contributed by atoms with Gasteiger partial charge in [0.2, 0.25) is 0 Å². The first-order valence-electron chi connectivity index (χ1n) is 5.33. The number of aryl methyl sites for hydroxylation is 1. The molecule has 5 nitrogen and oxygen atoms in total. The van der Waals surface area contributed by atoms with Crippen LogP contribution in [0.25, 0.3) is 11.3 Å². The van der Waals surface area contributed by atoms with Crippen LogP contribution in [0.4, 0.5) is 4.39 Å². The molecule has 92 valence electrons. The fraction of sp³-hybridized carbons (Fsp3) is 0.167. The Morgan fingerprint density at radius 2 is 2.17 bits per heavy atom. The molecule has 0 radical (unpaired) electrons. The number of halogens is 1. The predicted octanol–water partition coefficient (Wildman–Crippen LogP) is -0.290. The zero-order valence-electron chi connectivity index (χ0n) is 9.41. The average Bonchev–Trinajstić information content (AvgIpc) is 2.38. The van der Waals surface area contributed by atoms with E-state index in [1.807, 2.05) is 0 Å². The summed E-state index contributed by atoms with van der Waals surface area (Å²) in [5.74, 6) is -1.51. The summed E-state index contributed by atoms with van der Waals surface area (Å²) in [5.41, 5.74) is 1.34. The van der Waals surface area contributed by atoms with Crippen molar-refractivity contribution in [2.45, 2.75) is 13.0 Å². The lowest BCUT2D eigenvalue weighted by molar-refractivity contribution is -0.753. The summed E-state index contributed by atoms with van der Waals surface area (Å²) in [5, 5.41) is 14.3. The van der Waals surface area contributed by atoms with E-state index >= 15 is 0 Å². The predicted molar refractivity (Wildman–Crippen MR) is 57.2 cm³/mol. The second-order valence-electron chi connectivity index (χ2n) is 3.66. The third-order valence-electron chi connectivity index (χ3n) is 2.34. The van der Waals surface area contributed by atoms with Crippen LogP contribution < -0.4 is 9.79 Å². The van der Waals surface area contributed by atoms with Crippen LogP contribution in [0.15, 0.2) is 36.8 Å². The number of pyridine rings is 1. The summed E-state index contributed by atoms with van der Waals surface area (Å²) in [6.45, 7) is 0.249. The van der Waals surface area contributed by atoms with Crippen molar-refractivity contribution in [3.8, 4) is 11.3 Å². The first kappa shape index (κ1) is 12.1. The molecule has 2 heterocycles. The van der Waals surface area contributed by atoms with Crippen LogP contribution in [0.1, 0.15) is 6.42 Å². The second kappa shape index (κ2) is 5.31. The van der Waals surface area contributed by atoms with Crippen molar-refractivity contribution in [3.05, 3.63) is 42.6 Å². The topological polar surface area (TPSA) is 69.8 Å². The number of rotatable bonds is 4. The molecule has 2 aromatic heterocycles. The Bertz CT molecular complexity index is 540. The molecule has 18 heavy (non-hydrogen) atoms. The molecule has 0 atom stereocenters. The minimum absolute atomic E-state index is 0.0915. The molecule has 6 heteroatoms. The number of carboxylic acids is 1. The van der Waals surface area contributed by atoms with E-state index < -0.39 is 11.8 Å². The van der Waals surface area contributed by atoms with E-state index in [1.54, 1.807) is 24.5 Å². The van der Waals surface area contributed by atoms with Crippen LogP contribution >= 0.6 is 0 Å². The lowest BCUT2D eigenvalue weighted by Gasteiger charge is -1.99. The van der Waals surface area contributed by atoms with Gasteiger partial charge in [0.15, 0.2) is 12.7 Å². The van der Waals surface area contributed by atoms with Gasteiger partial charge in [0.25, 0.3) is 0 Å². The van der Waals surface area contributed by atoms with Gasteiger partial charge in [0, 0.05) is 24.0 Å². The molecule has 0 bridgehead atoms. The number of hydrogen-bond donors (Lipinski definition) is 0. The van der Waals surface area contributed by atoms with Crippen molar-refractivity contribution in [1.82, 2.24) is 10.1 Å². The number of carboxylic acid groups (broad SMARTS) is 1. The van der Waals surface area contributed by atoms with Gasteiger partial charge in [-0.25, -0.2) is 4.39 Å². The first-order valence-corrected chi connectivity index (χ1v) is 5.33. The van der Waals surface area contributed by atoms with E-state index in [-0.39, 0.29) is 13.0 Å². The number of nitrogens with zero attached hydrogens (tertiary/aromatic N) is 3. The summed E-state index contributed by atoms with van der Waals surface area (Å²) in [6.07, 6.45) is 4.23. The van der Waals surface area contributed by atoms with Crippen molar-refractivity contribution in [3.63, 3.8) is 0 Å². The SMILES string of the molecule is O=C([O-])CC[n+]1ccc(-c2ccc(F)cn2)cn1. The molecule has 0 spiro atoms. The molecule has 0 N–H and O–H groups in total. The van der Waals surface area contributed by atoms with E-state index in [0.29, 0.717) is 5.69 Å². The van der Waals surface area contributed by atoms with Crippen LogP contribution in [0.5, 0.6) is 0 Å². The largest absolute Gasteiger partial charge is 0.550 e. The third kappa shape index (κ3) is 3.07. The van der Waals surface area contributed by atoms with Gasteiger partial charge in [-0.15, -0.1) is 0 Å². The lowest BCUT2D eigenvalue weighted by atomic mass is 10.2. The quantitative estimate of drug-likeness (QED) is 0.696. The minimum Gasteiger partial charge on any atom is -0.550 e. The Labute approximate surface area is 103 Å². The van der Waals surface area contributed by atoms with Crippen molar-refractivity contribution < 1.29 is 19.0 Å². The lowest BCUT2D eigenvalue weighted by Crippen LogP contribution is -2.40. The van der Waals surface area contributed by atoms with Crippen LogP contribution in [0.2, 0.25) is 0 Å². The highest BCUT2D eigenvalue weighted by atomic mass is 19.1. The number of carbonyl (C=O) groups excluding carboxylic acids is 1. The monoisotopic (exact) mass is 247 g/mol. The summed E-state index contributed by atoms with van der Waals surface area (Å²) in [4.78, 5) is 14.2. The molecule has 0 aliphatic heterocycles. The van der Waals surface area contributed by atoms with Crippen molar-refractivity contribution >= 4 is 5.97 Å². The summed E-state index contributed by atoms with van der Waals surface area (Å²) in [7, 11) is 0. The third-order valence-corrected chi connectivity index (χ3v) is 2.34. The highest BCUT2D eigenvalue weighted by molar-refractivity contribution is 5.63. The molecule has 0 aromatic carbocycles. The van der Waals surface area contributed by atoms with Gasteiger partial charge >= 0.3 is 0 Å². The summed E-state index contributed by atoms with van der Waals surface area (Å²) >= 11 is 0. The minimum atomic E-state index is -1.12. The Morgan fingerprint density at radius 1 is 1.33 bits per heavy atom. The van der Waals surface area contributed by atoms with Crippen LogP contribution in [-0.2, 0) is 11.3 Å². The maximum atomic E-state index is 12.7. The van der Waals surface area contributed by atoms with Crippen molar-refractivity contribution in [2.75, 3.05) is 0 Å². The van der Waals surface area contributed by atoms with Gasteiger partial charge in [-0.3, -0.25) is 4.98 Å². The van der Waals surface area contributed by atoms with Crippen LogP contribution in [0.3, 0.4) is 0 Å². The molecule has 0 fully saturated rings. The van der Waals surface area contributed by atoms with Gasteiger partial charge in [-0.1, -0.05) is 4.68 Å². The number of carbonyl (C=O) groups is 1. The summed E-state index contributed by atoms with van der Waals surface area (Å²) in [6, 6.07) is 4.61. The molecule has 2 rings (SSSR count). The van der Waals surface area contributed by atoms with Crippen LogP contribution in [-0.4, -0.2) is 16.1 Å². The highest BCUT2D eigenvalue weighted by Crippen LogP contribution is 2.13. The molecular weight excluding hydrogens is 237 g/mol. The smallest absolute Gasteiger partial charge is 0.197 e. The maximum absolute atomic E-state index is 12.7. The molecule has 0 amide bonds. The number of aromatic nitrogens is 3. The summed E-state index contributed by atoms with van der Waals surface area (Å²) < 4.78 is 14.2. The van der Waals surface area contributed by atoms with Crippen molar-refractivity contribution in [1.29, 1.82) is 0 Å². The number of aliphatic carboxylic acids is 1. The van der Waals surface area contributed by atoms with Gasteiger partial charge < -0.3 is 9.90 Å². The first-order chi connectivity index (χ1) is 8.65. The average molecular weight is 247 g/mol. The molecule has 2 aromatic rings. The standard InChI is InChI=1S/C12H10FN3O2/c13-10-1-2-11(14-8-10)9-3-5-16(15-7-9)6-4-12(17)18/h1-3,5,7-8H,4,6H2. The molecular formula is C12H10FN3O2. The number of hydrogen-bond acceptors (Lipinski definition) is 4. The molecule has 0 saturated heterocycles. The zero-order valence-corrected chi connectivity index (χ0v) is 9.41. The molecule has 0 unspecified atom stereocenters. The van der Waals surface area contributed by atoms with E-state index in [0.717, 1.165) is 11.8 Å². The molecule has 0 aliphatic rings. The van der Waals surface area contributed by atoms with E-state index in [4.69, 9.17) is 0 Å². The van der Waals surface area contributed by atoms with Gasteiger partial charge in [-0.2, -0.15) is 0 Å². The fourth-order valence-electron chi connectivity index (χ4n) is 1.42. The molecule has 0 aliphatic carbocycles. The fourth-order valence-corrected chi connectivity index (χ4v) is 1.42. The maximum Gasteiger partial charge on any atom is 0.197 e. The van der Waals surface area contributed by atoms with E-state index in [2.05, 4.69) is 10.1 Å². The van der Waals surface area contributed by atoms with E-state index in [1.165, 1.54) is 10.7 Å².